The molecule has 180 valence electrons. The predicted octanol–water partition coefficient (Wildman–Crippen LogP) is 5.83. The van der Waals surface area contributed by atoms with Crippen LogP contribution < -0.4 is 10.3 Å². The van der Waals surface area contributed by atoms with Gasteiger partial charge in [0.15, 0.2) is 0 Å². The molecule has 0 saturated heterocycles. The van der Waals surface area contributed by atoms with Crippen LogP contribution in [0.4, 0.5) is 10.1 Å². The van der Waals surface area contributed by atoms with Gasteiger partial charge in [0.2, 0.25) is 0 Å². The number of aryl methyl sites for hydroxylation is 3. The Morgan fingerprint density at radius 1 is 0.971 bits per heavy atom. The Kier molecular flexibility index (Phi) is 6.63. The van der Waals surface area contributed by atoms with Crippen molar-refractivity contribution in [2.45, 2.75) is 27.2 Å². The molecule has 0 amide bonds. The van der Waals surface area contributed by atoms with E-state index < -0.39 is 10.0 Å². The molecule has 0 aliphatic rings. The molecule has 1 aromatic heterocycles. The summed E-state index contributed by atoms with van der Waals surface area (Å²) in [6, 6.07) is 15.8. The van der Waals surface area contributed by atoms with E-state index in [-0.39, 0.29) is 11.4 Å². The van der Waals surface area contributed by atoms with Gasteiger partial charge in [0.05, 0.1) is 0 Å². The summed E-state index contributed by atoms with van der Waals surface area (Å²) in [4.78, 5) is 12.8. The van der Waals surface area contributed by atoms with Crippen molar-refractivity contribution in [3.8, 4) is 11.1 Å². The summed E-state index contributed by atoms with van der Waals surface area (Å²) in [5.74, 6) is -0.276. The van der Waals surface area contributed by atoms with Crippen molar-refractivity contribution in [1.29, 1.82) is 0 Å². The normalized spacial score (nSPS) is 11.9. The van der Waals surface area contributed by atoms with Gasteiger partial charge < -0.3 is 4.57 Å². The number of hydrogen-bond donors (Lipinski definition) is 1. The third kappa shape index (κ3) is 5.05. The van der Waals surface area contributed by atoms with Crippen molar-refractivity contribution in [2.24, 2.45) is 7.05 Å². The van der Waals surface area contributed by atoms with Gasteiger partial charge in [-0.15, -0.1) is 0 Å². The van der Waals surface area contributed by atoms with E-state index in [1.807, 2.05) is 38.1 Å². The number of sulfonamides is 1. The summed E-state index contributed by atoms with van der Waals surface area (Å²) < 4.78 is 42.8. The van der Waals surface area contributed by atoms with Crippen molar-refractivity contribution in [1.82, 2.24) is 4.57 Å². The number of halogens is 1. The quantitative estimate of drug-likeness (QED) is 0.370. The summed E-state index contributed by atoms with van der Waals surface area (Å²) in [6.45, 7) is 5.40. The number of pyridine rings is 1. The summed E-state index contributed by atoms with van der Waals surface area (Å²) >= 11 is 0. The zero-order valence-electron chi connectivity index (χ0n) is 20.1. The van der Waals surface area contributed by atoms with Crippen LogP contribution in [-0.2, 0) is 23.5 Å². The standard InChI is InChI=1S/C28H27FN2O3S/c1-5-12-35(33,34)30-22-11-10-20(15-25-18(2)13-21(29)14-19(25)3)26(16-22)27-17-31(4)28(32)24-9-7-6-8-23(24)27/h5-14,16-17,30H,15H2,1-4H3/b12-5+. The summed E-state index contributed by atoms with van der Waals surface area (Å²) in [5.41, 5.74) is 5.52. The average molecular weight is 491 g/mol. The smallest absolute Gasteiger partial charge is 0.258 e. The van der Waals surface area contributed by atoms with Crippen LogP contribution in [0.2, 0.25) is 0 Å². The number of allylic oxidation sites excluding steroid dienone is 1. The van der Waals surface area contributed by atoms with Crippen molar-refractivity contribution >= 4 is 26.5 Å². The van der Waals surface area contributed by atoms with Gasteiger partial charge in [-0.2, -0.15) is 0 Å². The Balaban J connectivity index is 1.97. The average Bonchev–Trinajstić information content (AvgIpc) is 2.79. The zero-order chi connectivity index (χ0) is 25.3. The highest BCUT2D eigenvalue weighted by atomic mass is 32.2. The first-order valence-corrected chi connectivity index (χ1v) is 12.8. The van der Waals surface area contributed by atoms with E-state index in [1.54, 1.807) is 38.4 Å². The summed E-state index contributed by atoms with van der Waals surface area (Å²) in [7, 11) is -1.96. The maximum atomic E-state index is 13.9. The first-order chi connectivity index (χ1) is 16.6. The molecule has 35 heavy (non-hydrogen) atoms. The highest BCUT2D eigenvalue weighted by Gasteiger charge is 2.16. The number of nitrogens with zero attached hydrogens (tertiary/aromatic N) is 1. The second-order valence-corrected chi connectivity index (χ2v) is 10.3. The van der Waals surface area contributed by atoms with Crippen molar-refractivity contribution in [3.05, 3.63) is 111 Å². The predicted molar refractivity (Wildman–Crippen MR) is 141 cm³/mol. The van der Waals surface area contributed by atoms with Crippen LogP contribution in [0.1, 0.15) is 29.2 Å². The number of benzene rings is 3. The largest absolute Gasteiger partial charge is 0.317 e. The van der Waals surface area contributed by atoms with Gasteiger partial charge in [-0.3, -0.25) is 9.52 Å². The Morgan fingerprint density at radius 2 is 1.63 bits per heavy atom. The molecule has 3 aromatic carbocycles. The van der Waals surface area contributed by atoms with Gasteiger partial charge in [-0.25, -0.2) is 12.8 Å². The van der Waals surface area contributed by atoms with E-state index in [1.165, 1.54) is 22.8 Å². The molecule has 0 aliphatic heterocycles. The number of fused-ring (bicyclic) bond motifs is 1. The molecule has 0 fully saturated rings. The lowest BCUT2D eigenvalue weighted by molar-refractivity contribution is 0.609. The number of hydrogen-bond acceptors (Lipinski definition) is 3. The first-order valence-electron chi connectivity index (χ1n) is 11.2. The Bertz CT molecular complexity index is 1610. The minimum absolute atomic E-state index is 0.110. The van der Waals surface area contributed by atoms with E-state index in [4.69, 9.17) is 0 Å². The molecular weight excluding hydrogens is 463 g/mol. The third-order valence-corrected chi connectivity index (χ3v) is 7.24. The molecule has 4 aromatic rings. The molecule has 0 atom stereocenters. The van der Waals surface area contributed by atoms with Gasteiger partial charge in [-0.05, 0) is 90.7 Å². The van der Waals surface area contributed by atoms with Crippen LogP contribution in [0.5, 0.6) is 0 Å². The monoisotopic (exact) mass is 490 g/mol. The maximum Gasteiger partial charge on any atom is 0.258 e. The van der Waals surface area contributed by atoms with E-state index in [9.17, 15) is 17.6 Å². The fraction of sp³-hybridized carbons (Fsp3) is 0.179. The van der Waals surface area contributed by atoms with Gasteiger partial charge >= 0.3 is 0 Å². The molecule has 4 rings (SSSR count). The molecule has 0 unspecified atom stereocenters. The Labute approximate surface area is 204 Å². The lowest BCUT2D eigenvalue weighted by Gasteiger charge is -2.18. The lowest BCUT2D eigenvalue weighted by atomic mass is 9.89. The highest BCUT2D eigenvalue weighted by Crippen LogP contribution is 2.34. The zero-order valence-corrected chi connectivity index (χ0v) is 20.9. The van der Waals surface area contributed by atoms with Crippen LogP contribution in [0.25, 0.3) is 21.9 Å². The van der Waals surface area contributed by atoms with Crippen LogP contribution in [-0.4, -0.2) is 13.0 Å². The number of aromatic nitrogens is 1. The number of nitrogens with one attached hydrogen (secondary N) is 1. The van der Waals surface area contributed by atoms with Crippen molar-refractivity contribution in [3.63, 3.8) is 0 Å². The minimum atomic E-state index is -3.66. The summed E-state index contributed by atoms with van der Waals surface area (Å²) in [6.07, 6.45) is 3.75. The van der Waals surface area contributed by atoms with Crippen molar-refractivity contribution < 1.29 is 12.8 Å². The second kappa shape index (κ2) is 9.50. The van der Waals surface area contributed by atoms with Gasteiger partial charge in [0, 0.05) is 35.3 Å². The van der Waals surface area contributed by atoms with Crippen LogP contribution in [0, 0.1) is 19.7 Å². The Hall–Kier alpha value is -3.71. The van der Waals surface area contributed by atoms with Gasteiger partial charge in [0.1, 0.15) is 5.82 Å². The molecule has 0 bridgehead atoms. The fourth-order valence-corrected chi connectivity index (χ4v) is 5.34. The molecule has 0 radical (unpaired) electrons. The van der Waals surface area contributed by atoms with E-state index in [2.05, 4.69) is 4.72 Å². The first kappa shape index (κ1) is 24.4. The van der Waals surface area contributed by atoms with E-state index >= 15 is 0 Å². The third-order valence-electron chi connectivity index (χ3n) is 6.09. The molecular formula is C28H27FN2O3S. The molecule has 1 heterocycles. The van der Waals surface area contributed by atoms with E-state index in [0.29, 0.717) is 17.5 Å². The minimum Gasteiger partial charge on any atom is -0.317 e. The molecule has 1 N–H and O–H groups in total. The summed E-state index contributed by atoms with van der Waals surface area (Å²) in [5, 5.41) is 2.46. The van der Waals surface area contributed by atoms with Crippen LogP contribution in [0.15, 0.2) is 77.1 Å². The SMILES string of the molecule is C/C=C/S(=O)(=O)Nc1ccc(Cc2c(C)cc(F)cc2C)c(-c2cn(C)c(=O)c3ccccc23)c1. The molecule has 7 heteroatoms. The highest BCUT2D eigenvalue weighted by molar-refractivity contribution is 7.95. The van der Waals surface area contributed by atoms with Gasteiger partial charge in [-0.1, -0.05) is 30.3 Å². The molecule has 0 saturated carbocycles. The topological polar surface area (TPSA) is 68.2 Å². The fourth-order valence-electron chi connectivity index (χ4n) is 4.46. The second-order valence-electron chi connectivity index (χ2n) is 8.69. The maximum absolute atomic E-state index is 13.9. The van der Waals surface area contributed by atoms with E-state index in [0.717, 1.165) is 44.2 Å². The molecule has 5 nitrogen and oxygen atoms in total. The molecule has 0 spiro atoms. The molecule has 0 aliphatic carbocycles. The van der Waals surface area contributed by atoms with Crippen LogP contribution >= 0.6 is 0 Å². The Morgan fingerprint density at radius 3 is 2.29 bits per heavy atom. The number of anilines is 1. The van der Waals surface area contributed by atoms with Gasteiger partial charge in [0.25, 0.3) is 15.6 Å². The number of rotatable bonds is 6. The lowest BCUT2D eigenvalue weighted by Crippen LogP contribution is -2.16. The van der Waals surface area contributed by atoms with Crippen LogP contribution in [0.3, 0.4) is 0 Å². The van der Waals surface area contributed by atoms with Crippen molar-refractivity contribution in [2.75, 3.05) is 4.72 Å².